The summed E-state index contributed by atoms with van der Waals surface area (Å²) >= 11 is 0. The van der Waals surface area contributed by atoms with Gasteiger partial charge in [0.1, 0.15) is 0 Å². The first-order valence-electron chi connectivity index (χ1n) is 3.80. The summed E-state index contributed by atoms with van der Waals surface area (Å²) in [7, 11) is 1.51. The zero-order valence-corrected chi connectivity index (χ0v) is 7.23. The van der Waals surface area contributed by atoms with Gasteiger partial charge in [-0.1, -0.05) is 0 Å². The van der Waals surface area contributed by atoms with Gasteiger partial charge in [-0.15, -0.1) is 0 Å². The van der Waals surface area contributed by atoms with Crippen LogP contribution in [0.4, 0.5) is 0 Å². The second-order valence-corrected chi connectivity index (χ2v) is 2.62. The van der Waals surface area contributed by atoms with Crippen LogP contribution in [-0.4, -0.2) is 9.13 Å². The Hall–Kier alpha value is -1.83. The molecule has 1 aromatic rings. The molecule has 0 fully saturated rings. The summed E-state index contributed by atoms with van der Waals surface area (Å²) in [6.45, 7) is 0.269. The van der Waals surface area contributed by atoms with E-state index in [1.54, 1.807) is 0 Å². The molecule has 0 spiro atoms. The maximum absolute atomic E-state index is 11.2. The molecule has 0 amide bonds. The number of nitriles is 1. The number of aromatic nitrogens is 2. The third kappa shape index (κ3) is 1.85. The molecule has 1 rings (SSSR count). The predicted molar refractivity (Wildman–Crippen MR) is 46.2 cm³/mol. The van der Waals surface area contributed by atoms with Crippen LogP contribution in [0.3, 0.4) is 0 Å². The molecule has 1 aromatic heterocycles. The van der Waals surface area contributed by atoms with Gasteiger partial charge in [0.2, 0.25) is 0 Å². The first-order valence-corrected chi connectivity index (χ1v) is 3.80. The van der Waals surface area contributed by atoms with Crippen LogP contribution in [0.2, 0.25) is 0 Å². The lowest BCUT2D eigenvalue weighted by molar-refractivity contribution is 0.647. The van der Waals surface area contributed by atoms with E-state index in [2.05, 4.69) is 0 Å². The Morgan fingerprint density at radius 3 is 2.69 bits per heavy atom. The fraction of sp³-hybridized carbons (Fsp3) is 0.375. The van der Waals surface area contributed by atoms with Crippen LogP contribution >= 0.6 is 0 Å². The Labute approximate surface area is 74.5 Å². The van der Waals surface area contributed by atoms with E-state index in [-0.39, 0.29) is 13.0 Å². The van der Waals surface area contributed by atoms with Gasteiger partial charge in [0, 0.05) is 26.0 Å². The van der Waals surface area contributed by atoms with Gasteiger partial charge in [0.15, 0.2) is 0 Å². The highest BCUT2D eigenvalue weighted by Crippen LogP contribution is 1.82. The lowest BCUT2D eigenvalue weighted by atomic mass is 10.4. The molecule has 0 aliphatic carbocycles. The lowest BCUT2D eigenvalue weighted by Gasteiger charge is -2.02. The molecular formula is C8H9N3O2. The van der Waals surface area contributed by atoms with Crippen molar-refractivity contribution < 1.29 is 0 Å². The molecule has 0 atom stereocenters. The fourth-order valence-corrected chi connectivity index (χ4v) is 0.936. The quantitative estimate of drug-likeness (QED) is 0.572. The van der Waals surface area contributed by atoms with Crippen molar-refractivity contribution in [1.82, 2.24) is 9.13 Å². The molecule has 0 aliphatic heterocycles. The van der Waals surface area contributed by atoms with Crippen LogP contribution in [0.25, 0.3) is 0 Å². The summed E-state index contributed by atoms with van der Waals surface area (Å²) in [6.07, 6.45) is 3.23. The van der Waals surface area contributed by atoms with E-state index in [0.717, 1.165) is 0 Å². The highest BCUT2D eigenvalue weighted by Gasteiger charge is 2.00. The summed E-state index contributed by atoms with van der Waals surface area (Å²) in [5.41, 5.74) is -1.15. The van der Waals surface area contributed by atoms with E-state index in [1.807, 2.05) is 6.07 Å². The van der Waals surface area contributed by atoms with E-state index in [9.17, 15) is 9.59 Å². The molecule has 0 saturated heterocycles. The number of rotatable bonds is 2. The molecular weight excluding hydrogens is 170 g/mol. The van der Waals surface area contributed by atoms with Crippen molar-refractivity contribution in [3.63, 3.8) is 0 Å². The topological polar surface area (TPSA) is 67.8 Å². The third-order valence-electron chi connectivity index (χ3n) is 1.70. The molecule has 5 nitrogen and oxygen atoms in total. The van der Waals surface area contributed by atoms with Crippen LogP contribution in [0.15, 0.2) is 22.0 Å². The van der Waals surface area contributed by atoms with Gasteiger partial charge in [0.25, 0.3) is 0 Å². The molecule has 0 N–H and O–H groups in total. The summed E-state index contributed by atoms with van der Waals surface area (Å²) in [5, 5.41) is 8.29. The van der Waals surface area contributed by atoms with Crippen LogP contribution in [0.5, 0.6) is 0 Å². The van der Waals surface area contributed by atoms with E-state index in [0.29, 0.717) is 0 Å². The van der Waals surface area contributed by atoms with Crippen molar-refractivity contribution >= 4 is 0 Å². The van der Waals surface area contributed by atoms with Crippen LogP contribution in [0.1, 0.15) is 6.42 Å². The van der Waals surface area contributed by atoms with E-state index in [1.165, 1.54) is 28.6 Å². The second-order valence-electron chi connectivity index (χ2n) is 2.62. The Kier molecular flexibility index (Phi) is 2.65. The van der Waals surface area contributed by atoms with Gasteiger partial charge in [-0.3, -0.25) is 9.59 Å². The summed E-state index contributed by atoms with van der Waals surface area (Å²) in [4.78, 5) is 22.3. The van der Waals surface area contributed by atoms with Crippen molar-refractivity contribution in [2.75, 3.05) is 0 Å². The molecule has 0 unspecified atom stereocenters. The van der Waals surface area contributed by atoms with Gasteiger partial charge in [0.05, 0.1) is 12.5 Å². The van der Waals surface area contributed by atoms with Gasteiger partial charge in [-0.25, -0.2) is 0 Å². The molecule has 0 bridgehead atoms. The Morgan fingerprint density at radius 1 is 1.38 bits per heavy atom. The summed E-state index contributed by atoms with van der Waals surface area (Å²) in [5.74, 6) is 0. The van der Waals surface area contributed by atoms with E-state index < -0.39 is 11.1 Å². The number of nitrogens with zero attached hydrogens (tertiary/aromatic N) is 3. The van der Waals surface area contributed by atoms with Crippen LogP contribution in [-0.2, 0) is 13.6 Å². The Balaban J connectivity index is 3.14. The maximum atomic E-state index is 11.2. The van der Waals surface area contributed by atoms with Gasteiger partial charge in [-0.05, 0) is 0 Å². The number of hydrogen-bond acceptors (Lipinski definition) is 3. The molecule has 1 heterocycles. The fourth-order valence-electron chi connectivity index (χ4n) is 0.936. The first kappa shape index (κ1) is 9.26. The van der Waals surface area contributed by atoms with Crippen molar-refractivity contribution in [2.24, 2.45) is 7.05 Å². The molecule has 5 heteroatoms. The summed E-state index contributed by atoms with van der Waals surface area (Å²) in [6, 6.07) is 1.91. The van der Waals surface area contributed by atoms with Crippen molar-refractivity contribution in [3.05, 3.63) is 33.1 Å². The third-order valence-corrected chi connectivity index (χ3v) is 1.70. The molecule has 0 radical (unpaired) electrons. The highest BCUT2D eigenvalue weighted by molar-refractivity contribution is 4.85. The predicted octanol–water partition coefficient (Wildman–Crippen LogP) is -0.539. The Morgan fingerprint density at radius 2 is 2.08 bits per heavy atom. The second kappa shape index (κ2) is 3.72. The minimum atomic E-state index is -0.583. The SMILES string of the molecule is Cn1ccn(CCC#N)c(=O)c1=O. The molecule has 13 heavy (non-hydrogen) atoms. The zero-order valence-electron chi connectivity index (χ0n) is 7.23. The highest BCUT2D eigenvalue weighted by atomic mass is 16.2. The van der Waals surface area contributed by atoms with Crippen molar-refractivity contribution in [3.8, 4) is 6.07 Å². The van der Waals surface area contributed by atoms with Crippen LogP contribution in [0, 0.1) is 11.3 Å². The van der Waals surface area contributed by atoms with Gasteiger partial charge < -0.3 is 9.13 Å². The largest absolute Gasteiger partial charge is 0.316 e. The number of aryl methyl sites for hydroxylation is 2. The van der Waals surface area contributed by atoms with Gasteiger partial charge in [-0.2, -0.15) is 5.26 Å². The van der Waals surface area contributed by atoms with Gasteiger partial charge >= 0.3 is 11.1 Å². The van der Waals surface area contributed by atoms with E-state index in [4.69, 9.17) is 5.26 Å². The Bertz CT molecular complexity index is 450. The van der Waals surface area contributed by atoms with E-state index >= 15 is 0 Å². The summed E-state index contributed by atoms with van der Waals surface area (Å²) < 4.78 is 2.46. The zero-order chi connectivity index (χ0) is 9.84. The minimum absolute atomic E-state index is 0.229. The lowest BCUT2D eigenvalue weighted by Crippen LogP contribution is -2.39. The molecule has 0 aliphatic rings. The molecule has 0 saturated carbocycles. The molecule has 68 valence electrons. The maximum Gasteiger partial charge on any atom is 0.316 e. The first-order chi connectivity index (χ1) is 6.16. The minimum Gasteiger partial charge on any atom is -0.312 e. The average molecular weight is 179 g/mol. The monoisotopic (exact) mass is 179 g/mol. The number of hydrogen-bond donors (Lipinski definition) is 0. The standard InChI is InChI=1S/C8H9N3O2/c1-10-5-6-11(4-2-3-9)8(13)7(10)12/h5-6H,2,4H2,1H3. The smallest absolute Gasteiger partial charge is 0.312 e. The average Bonchev–Trinajstić information content (AvgIpc) is 2.13. The molecule has 0 aromatic carbocycles. The van der Waals surface area contributed by atoms with Crippen molar-refractivity contribution in [2.45, 2.75) is 13.0 Å². The normalized spacial score (nSPS) is 9.54. The van der Waals surface area contributed by atoms with Crippen LogP contribution < -0.4 is 11.1 Å². The van der Waals surface area contributed by atoms with Crippen molar-refractivity contribution in [1.29, 1.82) is 5.26 Å².